The molecule has 0 saturated carbocycles. The average Bonchev–Trinajstić information content (AvgIpc) is 3.11. The molecule has 0 nitrogen and oxygen atoms in total. The molecule has 7 aromatic rings. The summed E-state index contributed by atoms with van der Waals surface area (Å²) in [6.07, 6.45) is 0. The molecule has 0 aromatic heterocycles. The largest absolute Gasteiger partial charge is 0.0616 e. The van der Waals surface area contributed by atoms with Gasteiger partial charge in [0.25, 0.3) is 0 Å². The second-order valence-corrected chi connectivity index (χ2v) is 10.6. The first kappa shape index (κ1) is 19.2. The molecule has 0 saturated heterocycles. The smallest absolute Gasteiger partial charge is 0.0159 e. The maximum atomic E-state index is 2.45. The van der Waals surface area contributed by atoms with Gasteiger partial charge in [0, 0.05) is 5.41 Å². The summed E-state index contributed by atoms with van der Waals surface area (Å²) in [6.45, 7) is 4.75. The standard InChI is InChI=1S/C35H24/c1-35(2)31-20-26(14-16-28(31)30-18-24-6-3-4-7-25(24)19-32(30)35)27-15-12-23-11-10-21-8-5-9-22-13-17-29(27)34(23)33(21)22/h3-20H,1-2H3. The Morgan fingerprint density at radius 3 is 1.83 bits per heavy atom. The molecule has 7 aromatic carbocycles. The maximum absolute atomic E-state index is 2.45. The molecule has 0 radical (unpaired) electrons. The molecule has 0 spiro atoms. The molecular weight excluding hydrogens is 420 g/mol. The van der Waals surface area contributed by atoms with Crippen LogP contribution in [0, 0.1) is 0 Å². The van der Waals surface area contributed by atoms with Gasteiger partial charge in [0.15, 0.2) is 0 Å². The number of benzene rings is 7. The molecule has 0 atom stereocenters. The molecule has 1 aliphatic carbocycles. The highest BCUT2D eigenvalue weighted by atomic mass is 14.4. The molecule has 0 bridgehead atoms. The molecule has 8 rings (SSSR count). The van der Waals surface area contributed by atoms with Crippen molar-refractivity contribution >= 4 is 43.1 Å². The van der Waals surface area contributed by atoms with Crippen LogP contribution in [0.4, 0.5) is 0 Å². The van der Waals surface area contributed by atoms with Crippen LogP contribution in [0.3, 0.4) is 0 Å². The second kappa shape index (κ2) is 6.49. The van der Waals surface area contributed by atoms with Crippen molar-refractivity contribution in [2.75, 3.05) is 0 Å². The predicted octanol–water partition coefficient (Wildman–Crippen LogP) is 9.71. The zero-order valence-corrected chi connectivity index (χ0v) is 19.9. The van der Waals surface area contributed by atoms with Crippen molar-refractivity contribution in [1.82, 2.24) is 0 Å². The summed E-state index contributed by atoms with van der Waals surface area (Å²) in [5.74, 6) is 0. The Balaban J connectivity index is 1.39. The quantitative estimate of drug-likeness (QED) is 0.221. The van der Waals surface area contributed by atoms with Gasteiger partial charge in [-0.1, -0.05) is 105 Å². The lowest BCUT2D eigenvalue weighted by atomic mass is 9.80. The fourth-order valence-corrected chi connectivity index (χ4v) is 6.58. The topological polar surface area (TPSA) is 0 Å². The first-order valence-electron chi connectivity index (χ1n) is 12.4. The highest BCUT2D eigenvalue weighted by Crippen LogP contribution is 2.51. The van der Waals surface area contributed by atoms with E-state index in [-0.39, 0.29) is 5.41 Å². The lowest BCUT2D eigenvalue weighted by Gasteiger charge is -2.22. The Labute approximate surface area is 204 Å². The molecule has 0 unspecified atom stereocenters. The maximum Gasteiger partial charge on any atom is 0.0159 e. The molecule has 0 N–H and O–H groups in total. The SMILES string of the molecule is CC1(C)c2cc(-c3ccc4ccc5cccc6ccc3c4c56)ccc2-c2cc3ccccc3cc21. The van der Waals surface area contributed by atoms with Gasteiger partial charge in [-0.2, -0.15) is 0 Å². The van der Waals surface area contributed by atoms with Crippen LogP contribution >= 0.6 is 0 Å². The lowest BCUT2D eigenvalue weighted by molar-refractivity contribution is 0.661. The van der Waals surface area contributed by atoms with E-state index in [0.717, 1.165) is 0 Å². The van der Waals surface area contributed by atoms with Crippen molar-refractivity contribution in [3.05, 3.63) is 120 Å². The summed E-state index contributed by atoms with van der Waals surface area (Å²) in [6, 6.07) is 41.0. The van der Waals surface area contributed by atoms with E-state index in [1.165, 1.54) is 76.5 Å². The van der Waals surface area contributed by atoms with Crippen LogP contribution in [-0.2, 0) is 5.41 Å². The van der Waals surface area contributed by atoms with Crippen LogP contribution in [0.2, 0.25) is 0 Å². The summed E-state index contributed by atoms with van der Waals surface area (Å²) < 4.78 is 0. The molecule has 35 heavy (non-hydrogen) atoms. The van der Waals surface area contributed by atoms with Crippen LogP contribution < -0.4 is 0 Å². The fraction of sp³-hybridized carbons (Fsp3) is 0.0857. The van der Waals surface area contributed by atoms with Crippen molar-refractivity contribution in [2.45, 2.75) is 19.3 Å². The molecule has 0 fully saturated rings. The van der Waals surface area contributed by atoms with Crippen LogP contribution in [0.25, 0.3) is 65.3 Å². The van der Waals surface area contributed by atoms with Gasteiger partial charge in [-0.3, -0.25) is 0 Å². The first-order chi connectivity index (χ1) is 17.1. The third-order valence-corrected chi connectivity index (χ3v) is 8.38. The van der Waals surface area contributed by atoms with Gasteiger partial charge in [0.2, 0.25) is 0 Å². The summed E-state index contributed by atoms with van der Waals surface area (Å²) in [5.41, 5.74) is 8.18. The van der Waals surface area contributed by atoms with E-state index in [9.17, 15) is 0 Å². The normalized spacial score (nSPS) is 14.2. The van der Waals surface area contributed by atoms with Crippen molar-refractivity contribution in [1.29, 1.82) is 0 Å². The summed E-state index contributed by atoms with van der Waals surface area (Å²) in [4.78, 5) is 0. The Morgan fingerprint density at radius 1 is 0.429 bits per heavy atom. The van der Waals surface area contributed by atoms with E-state index in [0.29, 0.717) is 0 Å². The van der Waals surface area contributed by atoms with Crippen LogP contribution in [0.1, 0.15) is 25.0 Å². The summed E-state index contributed by atoms with van der Waals surface area (Å²) >= 11 is 0. The third kappa shape index (κ3) is 2.47. The number of hydrogen-bond donors (Lipinski definition) is 0. The second-order valence-electron chi connectivity index (χ2n) is 10.6. The molecule has 0 heteroatoms. The van der Waals surface area contributed by atoms with Gasteiger partial charge in [-0.25, -0.2) is 0 Å². The number of fused-ring (bicyclic) bond motifs is 4. The van der Waals surface area contributed by atoms with Crippen molar-refractivity contribution in [3.63, 3.8) is 0 Å². The van der Waals surface area contributed by atoms with Gasteiger partial charge in [-0.15, -0.1) is 0 Å². The third-order valence-electron chi connectivity index (χ3n) is 8.38. The Morgan fingerprint density at radius 2 is 1.03 bits per heavy atom. The van der Waals surface area contributed by atoms with E-state index < -0.39 is 0 Å². The first-order valence-corrected chi connectivity index (χ1v) is 12.4. The Kier molecular flexibility index (Phi) is 3.56. The highest BCUT2D eigenvalue weighted by Gasteiger charge is 2.36. The zero-order valence-electron chi connectivity index (χ0n) is 19.9. The predicted molar refractivity (Wildman–Crippen MR) is 151 cm³/mol. The monoisotopic (exact) mass is 444 g/mol. The van der Waals surface area contributed by atoms with E-state index in [2.05, 4.69) is 123 Å². The minimum absolute atomic E-state index is 0.0332. The molecule has 0 aliphatic heterocycles. The zero-order chi connectivity index (χ0) is 23.3. The summed E-state index contributed by atoms with van der Waals surface area (Å²) in [7, 11) is 0. The lowest BCUT2D eigenvalue weighted by Crippen LogP contribution is -2.15. The van der Waals surface area contributed by atoms with Crippen LogP contribution in [-0.4, -0.2) is 0 Å². The minimum atomic E-state index is -0.0332. The van der Waals surface area contributed by atoms with Gasteiger partial charge in [0.05, 0.1) is 0 Å². The minimum Gasteiger partial charge on any atom is -0.0616 e. The number of rotatable bonds is 1. The van der Waals surface area contributed by atoms with E-state index in [1.54, 1.807) is 0 Å². The highest BCUT2D eigenvalue weighted by molar-refractivity contribution is 6.25. The number of hydrogen-bond acceptors (Lipinski definition) is 0. The molecule has 0 heterocycles. The molecule has 0 amide bonds. The molecule has 164 valence electrons. The van der Waals surface area contributed by atoms with Crippen LogP contribution in [0.5, 0.6) is 0 Å². The molecular formula is C35H24. The van der Waals surface area contributed by atoms with Gasteiger partial charge < -0.3 is 0 Å². The fourth-order valence-electron chi connectivity index (χ4n) is 6.58. The van der Waals surface area contributed by atoms with Gasteiger partial charge in [0.1, 0.15) is 0 Å². The van der Waals surface area contributed by atoms with Crippen molar-refractivity contribution < 1.29 is 0 Å². The van der Waals surface area contributed by atoms with Crippen molar-refractivity contribution in [2.24, 2.45) is 0 Å². The van der Waals surface area contributed by atoms with E-state index in [4.69, 9.17) is 0 Å². The Bertz CT molecular complexity index is 1950. The Hall–Kier alpha value is -4.16. The van der Waals surface area contributed by atoms with Gasteiger partial charge in [-0.05, 0) is 94.7 Å². The van der Waals surface area contributed by atoms with Crippen molar-refractivity contribution in [3.8, 4) is 22.3 Å². The van der Waals surface area contributed by atoms with E-state index >= 15 is 0 Å². The average molecular weight is 445 g/mol. The molecule has 1 aliphatic rings. The van der Waals surface area contributed by atoms with Gasteiger partial charge >= 0.3 is 0 Å². The van der Waals surface area contributed by atoms with E-state index in [1.807, 2.05) is 0 Å². The summed E-state index contributed by atoms with van der Waals surface area (Å²) in [5, 5.41) is 10.7. The van der Waals surface area contributed by atoms with Crippen LogP contribution in [0.15, 0.2) is 109 Å².